The average Bonchev–Trinajstić information content (AvgIpc) is 2.94. The fraction of sp³-hybridized carbons (Fsp3) is 0.500. The Hall–Kier alpha value is -3.44. The number of para-hydroxylation sites is 1. The molecule has 3 N–H and O–H groups in total. The summed E-state index contributed by atoms with van der Waals surface area (Å²) in [6.07, 6.45) is 3.99. The smallest absolute Gasteiger partial charge is 0.326 e. The van der Waals surface area contributed by atoms with E-state index in [0.29, 0.717) is 31.9 Å². The number of carbonyl (C=O) groups is 1. The van der Waals surface area contributed by atoms with E-state index in [1.807, 2.05) is 24.3 Å². The number of pyridine rings is 1. The number of nitrogens with one attached hydrogen (secondary N) is 2. The van der Waals surface area contributed by atoms with E-state index in [-0.39, 0.29) is 6.61 Å². The van der Waals surface area contributed by atoms with Crippen LogP contribution in [0.25, 0.3) is 10.9 Å². The van der Waals surface area contributed by atoms with Gasteiger partial charge >= 0.3 is 5.97 Å². The summed E-state index contributed by atoms with van der Waals surface area (Å²) in [6, 6.07) is 10.8. The topological polar surface area (TPSA) is 112 Å². The molecular weight excluding hydrogens is 506 g/mol. The van der Waals surface area contributed by atoms with Crippen molar-refractivity contribution in [2.75, 3.05) is 50.0 Å². The van der Waals surface area contributed by atoms with Crippen molar-refractivity contribution in [3.8, 4) is 0 Å². The van der Waals surface area contributed by atoms with Gasteiger partial charge in [0.05, 0.1) is 12.1 Å². The van der Waals surface area contributed by atoms with Gasteiger partial charge in [-0.3, -0.25) is 0 Å². The molecule has 0 saturated carbocycles. The normalized spacial score (nSPS) is 13.8. The number of benzene rings is 1. The summed E-state index contributed by atoms with van der Waals surface area (Å²) in [4.78, 5) is 27.4. The number of carboxylic acids is 1. The van der Waals surface area contributed by atoms with Gasteiger partial charge in [0.15, 0.2) is 0 Å². The van der Waals surface area contributed by atoms with Crippen LogP contribution in [0.1, 0.15) is 36.9 Å². The molecule has 1 unspecified atom stereocenters. The minimum atomic E-state index is -2.51. The molecule has 1 atom stereocenters. The molecule has 0 amide bonds. The van der Waals surface area contributed by atoms with Crippen LogP contribution in [-0.4, -0.2) is 82.8 Å². The lowest BCUT2D eigenvalue weighted by Gasteiger charge is -2.25. The summed E-state index contributed by atoms with van der Waals surface area (Å²) < 4.78 is 30.1. The lowest BCUT2D eigenvalue weighted by atomic mass is 10.1. The van der Waals surface area contributed by atoms with Gasteiger partial charge in [0, 0.05) is 30.7 Å². The van der Waals surface area contributed by atoms with Crippen LogP contribution in [0.2, 0.25) is 0 Å². The van der Waals surface area contributed by atoms with E-state index in [2.05, 4.69) is 37.6 Å². The number of hydrogen-bond donors (Lipinski definition) is 3. The Morgan fingerprint density at radius 1 is 1.13 bits per heavy atom. The maximum atomic E-state index is 12.5. The number of ether oxygens (including phenoxy) is 1. The first kappa shape index (κ1) is 28.6. The zero-order valence-electron chi connectivity index (χ0n) is 22.0. The van der Waals surface area contributed by atoms with Crippen LogP contribution in [0.3, 0.4) is 0 Å². The molecule has 39 heavy (non-hydrogen) atoms. The molecule has 0 saturated heterocycles. The molecule has 4 rings (SSSR count). The van der Waals surface area contributed by atoms with E-state index in [4.69, 9.17) is 9.72 Å². The number of hydrogen-bond acceptors (Lipinski definition) is 8. The van der Waals surface area contributed by atoms with Crippen LogP contribution in [0.15, 0.2) is 42.7 Å². The Balaban J connectivity index is 1.31. The van der Waals surface area contributed by atoms with Gasteiger partial charge in [0.1, 0.15) is 30.6 Å². The predicted octanol–water partition coefficient (Wildman–Crippen LogP) is 4.24. The third-order valence-electron chi connectivity index (χ3n) is 6.79. The van der Waals surface area contributed by atoms with Gasteiger partial charge in [0.2, 0.25) is 0 Å². The van der Waals surface area contributed by atoms with Crippen LogP contribution in [0.5, 0.6) is 0 Å². The average molecular weight is 543 g/mol. The van der Waals surface area contributed by atoms with Gasteiger partial charge in [-0.25, -0.2) is 28.5 Å². The molecular formula is C28H36F2N6O3. The second kappa shape index (κ2) is 14.6. The molecule has 0 fully saturated rings. The number of halogens is 2. The Kier molecular flexibility index (Phi) is 10.7. The summed E-state index contributed by atoms with van der Waals surface area (Å²) in [5, 5.41) is 17.0. The number of aryl methyl sites for hydroxylation is 2. The standard InChI is InChI=1S/C28H36F2N6O3/c29-25(30)18-39-17-16-36(14-4-3-7-21-11-10-20-6-5-13-31-26(20)34-21)15-12-24(28(37)38)35-27-22-8-1-2-9-23(22)32-19-33-27/h1-2,8-11,19,24-25H,3-7,12-18H2,(H,31,34)(H,37,38)(H,32,33,35). The van der Waals surface area contributed by atoms with Crippen LogP contribution in [0, 0.1) is 0 Å². The molecule has 1 aromatic carbocycles. The maximum Gasteiger partial charge on any atom is 0.326 e. The summed E-state index contributed by atoms with van der Waals surface area (Å²) >= 11 is 0. The monoisotopic (exact) mass is 542 g/mol. The molecule has 11 heteroatoms. The fourth-order valence-electron chi connectivity index (χ4n) is 4.70. The quantitative estimate of drug-likeness (QED) is 0.229. The molecule has 2 aromatic heterocycles. The molecule has 9 nitrogen and oxygen atoms in total. The molecule has 0 bridgehead atoms. The van der Waals surface area contributed by atoms with Crippen LogP contribution in [-0.2, 0) is 22.4 Å². The van der Waals surface area contributed by atoms with Gasteiger partial charge in [-0.15, -0.1) is 0 Å². The van der Waals surface area contributed by atoms with Crippen molar-refractivity contribution in [1.29, 1.82) is 0 Å². The molecule has 1 aliphatic rings. The van der Waals surface area contributed by atoms with Crippen LogP contribution >= 0.6 is 0 Å². The molecule has 3 heterocycles. The molecule has 1 aliphatic heterocycles. The highest BCUT2D eigenvalue weighted by Crippen LogP contribution is 2.21. The number of alkyl halides is 2. The van der Waals surface area contributed by atoms with E-state index in [9.17, 15) is 18.7 Å². The molecule has 0 aliphatic carbocycles. The van der Waals surface area contributed by atoms with E-state index in [1.165, 1.54) is 11.9 Å². The number of rotatable bonds is 16. The number of nitrogens with zero attached hydrogens (tertiary/aromatic N) is 4. The summed E-state index contributed by atoms with van der Waals surface area (Å²) in [7, 11) is 0. The minimum Gasteiger partial charge on any atom is -0.480 e. The number of anilines is 2. The fourth-order valence-corrected chi connectivity index (χ4v) is 4.70. The lowest BCUT2D eigenvalue weighted by molar-refractivity contribution is -0.138. The third-order valence-corrected chi connectivity index (χ3v) is 6.79. The van der Waals surface area contributed by atoms with E-state index < -0.39 is 25.0 Å². The van der Waals surface area contributed by atoms with Crippen molar-refractivity contribution in [3.63, 3.8) is 0 Å². The number of aromatic nitrogens is 3. The van der Waals surface area contributed by atoms with Crippen LogP contribution in [0.4, 0.5) is 20.4 Å². The summed E-state index contributed by atoms with van der Waals surface area (Å²) in [5.41, 5.74) is 3.03. The Morgan fingerprint density at radius 2 is 2.00 bits per heavy atom. The van der Waals surface area contributed by atoms with Crippen molar-refractivity contribution in [2.24, 2.45) is 0 Å². The van der Waals surface area contributed by atoms with Crippen molar-refractivity contribution in [2.45, 2.75) is 51.0 Å². The second-order valence-corrected chi connectivity index (χ2v) is 9.67. The zero-order valence-corrected chi connectivity index (χ0v) is 22.0. The van der Waals surface area contributed by atoms with E-state index >= 15 is 0 Å². The lowest BCUT2D eigenvalue weighted by Crippen LogP contribution is -2.37. The Bertz CT molecular complexity index is 1210. The van der Waals surface area contributed by atoms with Gasteiger partial charge in [-0.1, -0.05) is 18.2 Å². The van der Waals surface area contributed by atoms with Gasteiger partial charge in [0.25, 0.3) is 6.43 Å². The summed E-state index contributed by atoms with van der Waals surface area (Å²) in [6.45, 7) is 2.11. The maximum absolute atomic E-state index is 12.5. The Morgan fingerprint density at radius 3 is 2.85 bits per heavy atom. The predicted molar refractivity (Wildman–Crippen MR) is 146 cm³/mol. The highest BCUT2D eigenvalue weighted by Gasteiger charge is 2.20. The first-order chi connectivity index (χ1) is 19.0. The Labute approximate surface area is 227 Å². The third kappa shape index (κ3) is 8.79. The zero-order chi connectivity index (χ0) is 27.5. The van der Waals surface area contributed by atoms with E-state index in [1.54, 1.807) is 0 Å². The number of aliphatic carboxylic acids is 1. The highest BCUT2D eigenvalue weighted by molar-refractivity contribution is 5.90. The van der Waals surface area contributed by atoms with Crippen molar-refractivity contribution in [1.82, 2.24) is 19.9 Å². The number of carboxylic acid groups (broad SMARTS) is 1. The van der Waals surface area contributed by atoms with Crippen molar-refractivity contribution >= 4 is 28.5 Å². The van der Waals surface area contributed by atoms with E-state index in [0.717, 1.165) is 61.1 Å². The molecule has 3 aromatic rings. The molecule has 0 spiro atoms. The SMILES string of the molecule is O=C(O)C(CCN(CCCCc1ccc2c(n1)NCCC2)CCOCC(F)F)Nc1ncnc2ccccc12. The number of fused-ring (bicyclic) bond motifs is 2. The van der Waals surface area contributed by atoms with Crippen molar-refractivity contribution in [3.05, 3.63) is 54.0 Å². The molecule has 0 radical (unpaired) electrons. The van der Waals surface area contributed by atoms with Gasteiger partial charge in [-0.2, -0.15) is 0 Å². The molecule has 210 valence electrons. The van der Waals surface area contributed by atoms with Crippen LogP contribution < -0.4 is 10.6 Å². The van der Waals surface area contributed by atoms with Gasteiger partial charge < -0.3 is 25.4 Å². The minimum absolute atomic E-state index is 0.157. The van der Waals surface area contributed by atoms with Crippen molar-refractivity contribution < 1.29 is 23.4 Å². The highest BCUT2D eigenvalue weighted by atomic mass is 19.3. The number of unbranched alkanes of at least 4 members (excludes halogenated alkanes) is 1. The second-order valence-electron chi connectivity index (χ2n) is 9.67. The first-order valence-electron chi connectivity index (χ1n) is 13.5. The first-order valence-corrected chi connectivity index (χ1v) is 13.5. The summed E-state index contributed by atoms with van der Waals surface area (Å²) in [5.74, 6) is 0.464. The largest absolute Gasteiger partial charge is 0.480 e. The van der Waals surface area contributed by atoms with Gasteiger partial charge in [-0.05, 0) is 68.8 Å².